The normalized spacial score (nSPS) is 10.5. The fourth-order valence-electron chi connectivity index (χ4n) is 2.11. The summed E-state index contributed by atoms with van der Waals surface area (Å²) in [6.07, 6.45) is 0. The van der Waals surface area contributed by atoms with Crippen LogP contribution in [0.4, 0.5) is 0 Å². The molecule has 0 unspecified atom stereocenters. The van der Waals surface area contributed by atoms with E-state index in [0.717, 1.165) is 11.1 Å². The largest absolute Gasteiger partial charge is 0.480 e. The molecule has 2 amide bonds. The molecule has 0 atom stereocenters. The van der Waals surface area contributed by atoms with Crippen molar-refractivity contribution >= 4 is 17.8 Å². The lowest BCUT2D eigenvalue weighted by Crippen LogP contribution is -2.44. The summed E-state index contributed by atoms with van der Waals surface area (Å²) in [7, 11) is 0. The standard InChI is InChI=1S/C17H24N2O4/c1-11(2)9-19(10-16(21)22)15(20)8-18-17(23)14-6-5-12(3)13(4)7-14/h5-7,11H,8-10H2,1-4H3,(H,18,23)(H,21,22). The van der Waals surface area contributed by atoms with Gasteiger partial charge in [0.05, 0.1) is 6.54 Å². The Morgan fingerprint density at radius 3 is 2.35 bits per heavy atom. The van der Waals surface area contributed by atoms with E-state index in [1.54, 1.807) is 12.1 Å². The summed E-state index contributed by atoms with van der Waals surface area (Å²) in [6, 6.07) is 5.31. The van der Waals surface area contributed by atoms with Gasteiger partial charge in [-0.15, -0.1) is 0 Å². The zero-order valence-electron chi connectivity index (χ0n) is 14.0. The number of nitrogens with one attached hydrogen (secondary N) is 1. The van der Waals surface area contributed by atoms with Gasteiger partial charge in [0.1, 0.15) is 6.54 Å². The molecule has 0 saturated carbocycles. The van der Waals surface area contributed by atoms with Crippen LogP contribution >= 0.6 is 0 Å². The molecule has 0 aliphatic carbocycles. The molecule has 0 saturated heterocycles. The maximum atomic E-state index is 12.1. The highest BCUT2D eigenvalue weighted by molar-refractivity contribution is 5.96. The van der Waals surface area contributed by atoms with Gasteiger partial charge < -0.3 is 15.3 Å². The van der Waals surface area contributed by atoms with Gasteiger partial charge in [0.15, 0.2) is 0 Å². The molecule has 23 heavy (non-hydrogen) atoms. The Morgan fingerprint density at radius 2 is 1.83 bits per heavy atom. The Labute approximate surface area is 136 Å². The Hall–Kier alpha value is -2.37. The van der Waals surface area contributed by atoms with Crippen molar-refractivity contribution in [2.24, 2.45) is 5.92 Å². The molecule has 0 spiro atoms. The monoisotopic (exact) mass is 320 g/mol. The number of hydrogen-bond donors (Lipinski definition) is 2. The number of hydrogen-bond acceptors (Lipinski definition) is 3. The lowest BCUT2D eigenvalue weighted by molar-refractivity contribution is -0.144. The van der Waals surface area contributed by atoms with E-state index < -0.39 is 11.9 Å². The van der Waals surface area contributed by atoms with Crippen molar-refractivity contribution < 1.29 is 19.5 Å². The van der Waals surface area contributed by atoms with Crippen LogP contribution in [0.15, 0.2) is 18.2 Å². The third-order valence-corrected chi connectivity index (χ3v) is 3.43. The first kappa shape index (κ1) is 18.7. The number of carboxylic acids is 1. The van der Waals surface area contributed by atoms with E-state index in [4.69, 9.17) is 5.11 Å². The van der Waals surface area contributed by atoms with Crippen molar-refractivity contribution in [2.75, 3.05) is 19.6 Å². The van der Waals surface area contributed by atoms with Crippen molar-refractivity contribution in [1.82, 2.24) is 10.2 Å². The summed E-state index contributed by atoms with van der Waals surface area (Å²) in [6.45, 7) is 7.42. The number of rotatable bonds is 7. The number of aryl methyl sites for hydroxylation is 2. The minimum absolute atomic E-state index is 0.147. The Balaban J connectivity index is 2.66. The maximum Gasteiger partial charge on any atom is 0.323 e. The van der Waals surface area contributed by atoms with Crippen molar-refractivity contribution in [3.05, 3.63) is 34.9 Å². The summed E-state index contributed by atoms with van der Waals surface area (Å²) < 4.78 is 0. The van der Waals surface area contributed by atoms with Crippen molar-refractivity contribution in [3.8, 4) is 0 Å². The fraction of sp³-hybridized carbons (Fsp3) is 0.471. The Morgan fingerprint density at radius 1 is 1.17 bits per heavy atom. The maximum absolute atomic E-state index is 12.1. The molecule has 0 fully saturated rings. The van der Waals surface area contributed by atoms with E-state index in [0.29, 0.717) is 12.1 Å². The van der Waals surface area contributed by atoms with Crippen LogP contribution in [0.25, 0.3) is 0 Å². The number of nitrogens with zero attached hydrogens (tertiary/aromatic N) is 1. The first-order valence-corrected chi connectivity index (χ1v) is 7.55. The Kier molecular flexibility index (Phi) is 6.75. The number of carbonyl (C=O) groups is 3. The summed E-state index contributed by atoms with van der Waals surface area (Å²) in [5, 5.41) is 11.4. The van der Waals surface area contributed by atoms with E-state index in [2.05, 4.69) is 5.32 Å². The van der Waals surface area contributed by atoms with Gasteiger partial charge in [0.25, 0.3) is 5.91 Å². The summed E-state index contributed by atoms with van der Waals surface area (Å²) in [5.41, 5.74) is 2.56. The average molecular weight is 320 g/mol. The predicted octanol–water partition coefficient (Wildman–Crippen LogP) is 1.60. The topological polar surface area (TPSA) is 86.7 Å². The number of amides is 2. The average Bonchev–Trinajstić information content (AvgIpc) is 2.45. The molecule has 6 heteroatoms. The minimum atomic E-state index is -1.07. The van der Waals surface area contributed by atoms with Crippen LogP contribution in [0.3, 0.4) is 0 Å². The molecule has 0 bridgehead atoms. The van der Waals surface area contributed by atoms with E-state index in [9.17, 15) is 14.4 Å². The smallest absolute Gasteiger partial charge is 0.323 e. The lowest BCUT2D eigenvalue weighted by Gasteiger charge is -2.22. The second-order valence-electron chi connectivity index (χ2n) is 6.04. The highest BCUT2D eigenvalue weighted by atomic mass is 16.4. The Bertz CT molecular complexity index is 596. The second-order valence-corrected chi connectivity index (χ2v) is 6.04. The van der Waals surface area contributed by atoms with Crippen LogP contribution in [-0.4, -0.2) is 47.4 Å². The van der Waals surface area contributed by atoms with E-state index in [1.165, 1.54) is 4.90 Å². The van der Waals surface area contributed by atoms with Crippen LogP contribution in [0, 0.1) is 19.8 Å². The van der Waals surface area contributed by atoms with Gasteiger partial charge in [-0.25, -0.2) is 0 Å². The molecular weight excluding hydrogens is 296 g/mol. The van der Waals surface area contributed by atoms with Crippen molar-refractivity contribution in [2.45, 2.75) is 27.7 Å². The highest BCUT2D eigenvalue weighted by Gasteiger charge is 2.18. The summed E-state index contributed by atoms with van der Waals surface area (Å²) in [5.74, 6) is -1.67. The molecule has 0 heterocycles. The zero-order valence-corrected chi connectivity index (χ0v) is 14.0. The first-order chi connectivity index (χ1) is 10.7. The molecule has 0 aliphatic rings. The highest BCUT2D eigenvalue weighted by Crippen LogP contribution is 2.09. The fourth-order valence-corrected chi connectivity index (χ4v) is 2.11. The molecule has 0 aromatic heterocycles. The van der Waals surface area contributed by atoms with Crippen LogP contribution in [0.5, 0.6) is 0 Å². The molecular formula is C17H24N2O4. The summed E-state index contributed by atoms with van der Waals surface area (Å²) in [4.78, 5) is 36.3. The van der Waals surface area contributed by atoms with E-state index >= 15 is 0 Å². The third-order valence-electron chi connectivity index (χ3n) is 3.43. The van der Waals surface area contributed by atoms with Gasteiger partial charge >= 0.3 is 5.97 Å². The molecule has 126 valence electrons. The molecule has 1 rings (SSSR count). The lowest BCUT2D eigenvalue weighted by atomic mass is 10.1. The van der Waals surface area contributed by atoms with Gasteiger partial charge in [-0.1, -0.05) is 19.9 Å². The summed E-state index contributed by atoms with van der Waals surface area (Å²) >= 11 is 0. The molecule has 0 aliphatic heterocycles. The quantitative estimate of drug-likeness (QED) is 0.799. The molecule has 2 N–H and O–H groups in total. The molecule has 1 aromatic carbocycles. The van der Waals surface area contributed by atoms with E-state index in [1.807, 2.05) is 33.8 Å². The first-order valence-electron chi connectivity index (χ1n) is 7.55. The molecule has 6 nitrogen and oxygen atoms in total. The SMILES string of the molecule is Cc1ccc(C(=O)NCC(=O)N(CC(=O)O)CC(C)C)cc1C. The van der Waals surface area contributed by atoms with Crippen LogP contribution < -0.4 is 5.32 Å². The van der Waals surface area contributed by atoms with Gasteiger partial charge in [0, 0.05) is 12.1 Å². The van der Waals surface area contributed by atoms with Crippen LogP contribution in [0.1, 0.15) is 35.3 Å². The zero-order chi connectivity index (χ0) is 17.6. The van der Waals surface area contributed by atoms with Crippen LogP contribution in [0.2, 0.25) is 0 Å². The van der Waals surface area contributed by atoms with Gasteiger partial charge in [-0.2, -0.15) is 0 Å². The van der Waals surface area contributed by atoms with E-state index in [-0.39, 0.29) is 24.9 Å². The molecule has 0 radical (unpaired) electrons. The number of aliphatic carboxylic acids is 1. The van der Waals surface area contributed by atoms with Crippen LogP contribution in [-0.2, 0) is 9.59 Å². The van der Waals surface area contributed by atoms with Gasteiger partial charge in [-0.05, 0) is 43.0 Å². The number of carboxylic acid groups (broad SMARTS) is 1. The predicted molar refractivity (Wildman–Crippen MR) is 87.3 cm³/mol. The van der Waals surface area contributed by atoms with Crippen molar-refractivity contribution in [3.63, 3.8) is 0 Å². The minimum Gasteiger partial charge on any atom is -0.480 e. The number of benzene rings is 1. The van der Waals surface area contributed by atoms with Gasteiger partial charge in [0.2, 0.25) is 5.91 Å². The number of carbonyl (C=O) groups excluding carboxylic acids is 2. The molecule has 1 aromatic rings. The van der Waals surface area contributed by atoms with Crippen molar-refractivity contribution in [1.29, 1.82) is 0 Å². The third kappa shape index (κ3) is 6.10. The second kappa shape index (κ2) is 8.31. The van der Waals surface area contributed by atoms with Gasteiger partial charge in [-0.3, -0.25) is 14.4 Å².